The van der Waals surface area contributed by atoms with E-state index in [9.17, 15) is 4.79 Å². The number of pyridine rings is 1. The van der Waals surface area contributed by atoms with Crippen molar-refractivity contribution >= 4 is 5.91 Å². The van der Waals surface area contributed by atoms with Crippen molar-refractivity contribution in [1.82, 2.24) is 29.5 Å². The Hall–Kier alpha value is -3.06. The topological polar surface area (TPSA) is 67.2 Å². The maximum absolute atomic E-state index is 12.9. The fourth-order valence-corrected chi connectivity index (χ4v) is 3.86. The van der Waals surface area contributed by atoms with Gasteiger partial charge in [0, 0.05) is 56.9 Å². The number of carbonyl (C=O) groups excluding carboxylic acids is 1. The first-order valence-corrected chi connectivity index (χ1v) is 10.1. The van der Waals surface area contributed by atoms with Crippen LogP contribution in [0.15, 0.2) is 61.1 Å². The van der Waals surface area contributed by atoms with Gasteiger partial charge in [0.2, 0.25) is 5.91 Å². The van der Waals surface area contributed by atoms with Crippen molar-refractivity contribution in [2.45, 2.75) is 32.4 Å². The number of rotatable bonds is 6. The summed E-state index contributed by atoms with van der Waals surface area (Å²) in [6.45, 7) is 5.43. The van der Waals surface area contributed by atoms with Gasteiger partial charge in [-0.25, -0.2) is 0 Å². The minimum Gasteiger partial charge on any atom is -0.337 e. The van der Waals surface area contributed by atoms with E-state index in [2.05, 4.69) is 27.0 Å². The van der Waals surface area contributed by atoms with Crippen LogP contribution in [0.3, 0.4) is 0 Å². The van der Waals surface area contributed by atoms with Crippen LogP contribution in [-0.4, -0.2) is 61.1 Å². The molecule has 7 nitrogen and oxygen atoms in total. The molecule has 29 heavy (non-hydrogen) atoms. The van der Waals surface area contributed by atoms with E-state index in [1.807, 2.05) is 64.2 Å². The third kappa shape index (κ3) is 4.68. The first-order valence-electron chi connectivity index (χ1n) is 10.1. The molecule has 2 aromatic heterocycles. The van der Waals surface area contributed by atoms with E-state index < -0.39 is 0 Å². The van der Waals surface area contributed by atoms with Crippen LogP contribution in [0.25, 0.3) is 5.69 Å². The number of hydrogen-bond donors (Lipinski definition) is 0. The number of amides is 1. The predicted molar refractivity (Wildman–Crippen MR) is 110 cm³/mol. The van der Waals surface area contributed by atoms with Crippen molar-refractivity contribution in [3.63, 3.8) is 0 Å². The lowest BCUT2D eigenvalue weighted by Crippen LogP contribution is -2.53. The van der Waals surface area contributed by atoms with Gasteiger partial charge in [0.15, 0.2) is 0 Å². The molecular formula is C22H26N6O. The predicted octanol–water partition coefficient (Wildman–Crippen LogP) is 2.33. The molecule has 1 aliphatic heterocycles. The summed E-state index contributed by atoms with van der Waals surface area (Å²) < 4.78 is 1.95. The fourth-order valence-electron chi connectivity index (χ4n) is 3.86. The highest BCUT2D eigenvalue weighted by atomic mass is 16.2. The van der Waals surface area contributed by atoms with Crippen LogP contribution >= 0.6 is 0 Å². The van der Waals surface area contributed by atoms with Crippen molar-refractivity contribution in [3.8, 4) is 5.69 Å². The van der Waals surface area contributed by atoms with Crippen molar-refractivity contribution < 1.29 is 4.79 Å². The van der Waals surface area contributed by atoms with E-state index >= 15 is 0 Å². The van der Waals surface area contributed by atoms with Crippen LogP contribution in [0, 0.1) is 0 Å². The molecule has 7 heteroatoms. The molecule has 150 valence electrons. The SMILES string of the molecule is CC1CN(Cc2ccccn2)CCN1C(=O)CCc1nncn1-c1ccccc1. The Morgan fingerprint density at radius 2 is 1.93 bits per heavy atom. The van der Waals surface area contributed by atoms with Crippen molar-refractivity contribution in [2.75, 3.05) is 19.6 Å². The van der Waals surface area contributed by atoms with Gasteiger partial charge >= 0.3 is 0 Å². The highest BCUT2D eigenvalue weighted by molar-refractivity contribution is 5.76. The summed E-state index contributed by atoms with van der Waals surface area (Å²) in [6.07, 6.45) is 4.55. The molecule has 1 saturated heterocycles. The van der Waals surface area contributed by atoms with Gasteiger partial charge in [-0.2, -0.15) is 0 Å². The van der Waals surface area contributed by atoms with Crippen LogP contribution < -0.4 is 0 Å². The quantitative estimate of drug-likeness (QED) is 0.646. The van der Waals surface area contributed by atoms with Gasteiger partial charge in [-0.1, -0.05) is 24.3 Å². The van der Waals surface area contributed by atoms with Crippen LogP contribution in [0.5, 0.6) is 0 Å². The first kappa shape index (κ1) is 19.3. The summed E-state index contributed by atoms with van der Waals surface area (Å²) in [5.41, 5.74) is 2.08. The Kier molecular flexibility index (Phi) is 5.95. The van der Waals surface area contributed by atoms with E-state index in [4.69, 9.17) is 0 Å². The smallest absolute Gasteiger partial charge is 0.223 e. The number of nitrogens with zero attached hydrogens (tertiary/aromatic N) is 6. The van der Waals surface area contributed by atoms with E-state index in [-0.39, 0.29) is 11.9 Å². The molecule has 0 bridgehead atoms. The molecule has 1 aromatic carbocycles. The number of carbonyl (C=O) groups is 1. The lowest BCUT2D eigenvalue weighted by molar-refractivity contribution is -0.135. The van der Waals surface area contributed by atoms with Gasteiger partial charge in [0.1, 0.15) is 12.2 Å². The molecule has 1 fully saturated rings. The van der Waals surface area contributed by atoms with Crippen LogP contribution in [0.1, 0.15) is 24.9 Å². The second-order valence-electron chi connectivity index (χ2n) is 7.45. The first-order chi connectivity index (χ1) is 14.2. The fraction of sp³-hybridized carbons (Fsp3) is 0.364. The van der Waals surface area contributed by atoms with E-state index in [0.717, 1.165) is 43.4 Å². The number of aryl methyl sites for hydroxylation is 1. The second kappa shape index (κ2) is 8.96. The molecule has 0 radical (unpaired) electrons. The summed E-state index contributed by atoms with van der Waals surface area (Å²) in [5.74, 6) is 0.989. The van der Waals surface area contributed by atoms with Crippen LogP contribution in [0.2, 0.25) is 0 Å². The minimum atomic E-state index is 0.178. The van der Waals surface area contributed by atoms with Gasteiger partial charge in [-0.15, -0.1) is 10.2 Å². The van der Waals surface area contributed by atoms with Crippen molar-refractivity contribution in [1.29, 1.82) is 0 Å². The Balaban J connectivity index is 1.32. The van der Waals surface area contributed by atoms with E-state index in [1.165, 1.54) is 0 Å². The molecule has 0 spiro atoms. The van der Waals surface area contributed by atoms with Crippen LogP contribution in [-0.2, 0) is 17.8 Å². The molecule has 3 aromatic rings. The normalized spacial score (nSPS) is 17.4. The molecule has 0 aliphatic carbocycles. The summed E-state index contributed by atoms with van der Waals surface area (Å²) in [6, 6.07) is 16.1. The highest BCUT2D eigenvalue weighted by Gasteiger charge is 2.27. The van der Waals surface area contributed by atoms with Gasteiger partial charge in [-0.05, 0) is 31.2 Å². The zero-order chi connectivity index (χ0) is 20.1. The molecule has 0 saturated carbocycles. The van der Waals surface area contributed by atoms with Gasteiger partial charge in [0.05, 0.1) is 5.69 Å². The molecule has 0 N–H and O–H groups in total. The number of benzene rings is 1. The average Bonchev–Trinajstić information content (AvgIpc) is 3.22. The highest BCUT2D eigenvalue weighted by Crippen LogP contribution is 2.15. The van der Waals surface area contributed by atoms with E-state index in [0.29, 0.717) is 12.8 Å². The van der Waals surface area contributed by atoms with Crippen LogP contribution in [0.4, 0.5) is 0 Å². The summed E-state index contributed by atoms with van der Waals surface area (Å²) in [5, 5.41) is 8.24. The van der Waals surface area contributed by atoms with Gasteiger partial charge in [-0.3, -0.25) is 19.2 Å². The Morgan fingerprint density at radius 1 is 1.10 bits per heavy atom. The summed E-state index contributed by atoms with van der Waals surface area (Å²) in [4.78, 5) is 21.6. The van der Waals surface area contributed by atoms with Crippen molar-refractivity contribution in [2.24, 2.45) is 0 Å². The lowest BCUT2D eigenvalue weighted by Gasteiger charge is -2.39. The Morgan fingerprint density at radius 3 is 2.69 bits per heavy atom. The molecule has 1 atom stereocenters. The third-order valence-corrected chi connectivity index (χ3v) is 5.36. The number of aromatic nitrogens is 4. The molecule has 1 unspecified atom stereocenters. The number of hydrogen-bond acceptors (Lipinski definition) is 5. The maximum atomic E-state index is 12.9. The number of para-hydroxylation sites is 1. The molecular weight excluding hydrogens is 364 g/mol. The number of piperazine rings is 1. The third-order valence-electron chi connectivity index (χ3n) is 5.36. The zero-order valence-electron chi connectivity index (χ0n) is 16.7. The molecule has 3 heterocycles. The standard InChI is InChI=1S/C22H26N6O/c1-18-15-26(16-19-7-5-6-12-23-19)13-14-27(18)22(29)11-10-21-25-24-17-28(21)20-8-3-2-4-9-20/h2-9,12,17-18H,10-11,13-16H2,1H3. The molecule has 4 rings (SSSR count). The Labute approximate surface area is 171 Å². The summed E-state index contributed by atoms with van der Waals surface area (Å²) in [7, 11) is 0. The Bertz CT molecular complexity index is 927. The lowest BCUT2D eigenvalue weighted by atomic mass is 10.1. The zero-order valence-corrected chi connectivity index (χ0v) is 16.7. The molecule has 1 amide bonds. The monoisotopic (exact) mass is 390 g/mol. The minimum absolute atomic E-state index is 0.178. The average molecular weight is 390 g/mol. The largest absolute Gasteiger partial charge is 0.337 e. The second-order valence-corrected chi connectivity index (χ2v) is 7.45. The maximum Gasteiger partial charge on any atom is 0.223 e. The van der Waals surface area contributed by atoms with Gasteiger partial charge < -0.3 is 4.90 Å². The van der Waals surface area contributed by atoms with Crippen molar-refractivity contribution in [3.05, 3.63) is 72.6 Å². The molecule has 1 aliphatic rings. The van der Waals surface area contributed by atoms with E-state index in [1.54, 1.807) is 6.33 Å². The summed E-state index contributed by atoms with van der Waals surface area (Å²) >= 11 is 0. The van der Waals surface area contributed by atoms with Gasteiger partial charge in [0.25, 0.3) is 0 Å².